The van der Waals surface area contributed by atoms with Crippen LogP contribution in [0.1, 0.15) is 21.7 Å². The standard InChI is InChI=1S/C15H17N5O5/c1-9-14(20(22)23)10(2)19(17-9)8-13(16)18-25-15(21)11-4-6-12(24-3)7-5-11/h4-7H,8H2,1-3H3,(H2,16,18). The molecule has 2 N–H and O–H groups in total. The van der Waals surface area contributed by atoms with Crippen LogP contribution in [0.3, 0.4) is 0 Å². The van der Waals surface area contributed by atoms with E-state index in [9.17, 15) is 14.9 Å². The van der Waals surface area contributed by atoms with Crippen LogP contribution in [0.25, 0.3) is 0 Å². The van der Waals surface area contributed by atoms with Crippen molar-refractivity contribution in [2.45, 2.75) is 20.4 Å². The van der Waals surface area contributed by atoms with Crippen LogP contribution >= 0.6 is 0 Å². The summed E-state index contributed by atoms with van der Waals surface area (Å²) >= 11 is 0. The van der Waals surface area contributed by atoms with Crippen molar-refractivity contribution in [3.05, 3.63) is 51.3 Å². The molecule has 1 aromatic heterocycles. The first kappa shape index (κ1) is 17.9. The smallest absolute Gasteiger partial charge is 0.365 e. The van der Waals surface area contributed by atoms with Crippen LogP contribution < -0.4 is 10.5 Å². The number of benzene rings is 1. The van der Waals surface area contributed by atoms with Gasteiger partial charge in [-0.05, 0) is 38.1 Å². The third kappa shape index (κ3) is 4.10. The number of rotatable bonds is 6. The Morgan fingerprint density at radius 2 is 2.00 bits per heavy atom. The largest absolute Gasteiger partial charge is 0.497 e. The fraction of sp³-hybridized carbons (Fsp3) is 0.267. The number of hydrogen-bond acceptors (Lipinski definition) is 7. The zero-order chi connectivity index (χ0) is 18.6. The average molecular weight is 347 g/mol. The normalized spacial score (nSPS) is 11.2. The van der Waals surface area contributed by atoms with Crippen molar-refractivity contribution in [1.82, 2.24) is 9.78 Å². The summed E-state index contributed by atoms with van der Waals surface area (Å²) in [6.45, 7) is 3.03. The highest BCUT2D eigenvalue weighted by Gasteiger charge is 2.22. The summed E-state index contributed by atoms with van der Waals surface area (Å²) in [7, 11) is 1.52. The Balaban J connectivity index is 2.05. The van der Waals surface area contributed by atoms with E-state index < -0.39 is 10.9 Å². The molecule has 10 nitrogen and oxygen atoms in total. The van der Waals surface area contributed by atoms with E-state index in [1.54, 1.807) is 19.1 Å². The Kier molecular flexibility index (Phi) is 5.32. The molecule has 0 amide bonds. The Hall–Kier alpha value is -3.43. The lowest BCUT2D eigenvalue weighted by Gasteiger charge is -2.04. The fourth-order valence-electron chi connectivity index (χ4n) is 2.17. The molecule has 10 heteroatoms. The molecule has 0 unspecified atom stereocenters. The summed E-state index contributed by atoms with van der Waals surface area (Å²) in [6, 6.07) is 6.27. The molecule has 1 aromatic carbocycles. The maximum atomic E-state index is 11.9. The summed E-state index contributed by atoms with van der Waals surface area (Å²) in [5, 5.41) is 18.6. The number of carbonyl (C=O) groups is 1. The first-order chi connectivity index (χ1) is 11.8. The average Bonchev–Trinajstić information content (AvgIpc) is 2.86. The predicted octanol–water partition coefficient (Wildman–Crippen LogP) is 1.55. The van der Waals surface area contributed by atoms with Gasteiger partial charge in [-0.15, -0.1) is 0 Å². The lowest BCUT2D eigenvalue weighted by Crippen LogP contribution is -2.22. The number of nitrogens with two attached hydrogens (primary N) is 1. The van der Waals surface area contributed by atoms with E-state index in [1.807, 2.05) is 0 Å². The van der Waals surface area contributed by atoms with E-state index in [-0.39, 0.29) is 29.3 Å². The monoisotopic (exact) mass is 347 g/mol. The minimum Gasteiger partial charge on any atom is -0.497 e. The molecular formula is C15H17N5O5. The SMILES string of the molecule is COc1ccc(C(=O)O/N=C(/N)Cn2nc(C)c([N+](=O)[O-])c2C)cc1. The number of amidine groups is 1. The van der Waals surface area contributed by atoms with E-state index in [1.165, 1.54) is 30.8 Å². The maximum Gasteiger partial charge on any atom is 0.365 e. The van der Waals surface area contributed by atoms with Crippen molar-refractivity contribution in [3.63, 3.8) is 0 Å². The molecule has 0 spiro atoms. The van der Waals surface area contributed by atoms with Gasteiger partial charge in [0, 0.05) is 0 Å². The molecule has 132 valence electrons. The Morgan fingerprint density at radius 1 is 1.36 bits per heavy atom. The third-order valence-electron chi connectivity index (χ3n) is 3.41. The van der Waals surface area contributed by atoms with Crippen LogP contribution in [-0.2, 0) is 11.4 Å². The number of methoxy groups -OCH3 is 1. The van der Waals surface area contributed by atoms with Crippen LogP contribution in [0.5, 0.6) is 5.75 Å². The lowest BCUT2D eigenvalue weighted by atomic mass is 10.2. The quantitative estimate of drug-likeness (QED) is 0.275. The number of carbonyl (C=O) groups excluding carboxylic acids is 1. The summed E-state index contributed by atoms with van der Waals surface area (Å²) in [5.41, 5.74) is 6.50. The third-order valence-corrected chi connectivity index (χ3v) is 3.41. The van der Waals surface area contributed by atoms with Gasteiger partial charge in [-0.25, -0.2) is 4.79 Å². The van der Waals surface area contributed by atoms with Crippen molar-refractivity contribution in [1.29, 1.82) is 0 Å². The van der Waals surface area contributed by atoms with Gasteiger partial charge >= 0.3 is 11.7 Å². The zero-order valence-electron chi connectivity index (χ0n) is 13.9. The van der Waals surface area contributed by atoms with Crippen LogP contribution in [0.4, 0.5) is 5.69 Å². The Bertz CT molecular complexity index is 826. The van der Waals surface area contributed by atoms with E-state index >= 15 is 0 Å². The van der Waals surface area contributed by atoms with Crippen molar-refractivity contribution in [2.75, 3.05) is 7.11 Å². The van der Waals surface area contributed by atoms with Gasteiger partial charge in [0.2, 0.25) is 0 Å². The molecule has 0 aliphatic rings. The van der Waals surface area contributed by atoms with Gasteiger partial charge in [-0.3, -0.25) is 14.8 Å². The summed E-state index contributed by atoms with van der Waals surface area (Å²) < 4.78 is 6.32. The van der Waals surface area contributed by atoms with Gasteiger partial charge in [-0.2, -0.15) is 5.10 Å². The van der Waals surface area contributed by atoms with Gasteiger partial charge in [-0.1, -0.05) is 5.16 Å². The topological polar surface area (TPSA) is 135 Å². The van der Waals surface area contributed by atoms with E-state index in [0.29, 0.717) is 11.4 Å². The van der Waals surface area contributed by atoms with Gasteiger partial charge < -0.3 is 15.3 Å². The second kappa shape index (κ2) is 7.43. The zero-order valence-corrected chi connectivity index (χ0v) is 13.9. The summed E-state index contributed by atoms with van der Waals surface area (Å²) in [6.07, 6.45) is 0. The second-order valence-electron chi connectivity index (χ2n) is 5.12. The number of nitro groups is 1. The predicted molar refractivity (Wildman–Crippen MR) is 88.4 cm³/mol. The van der Waals surface area contributed by atoms with Gasteiger partial charge in [0.1, 0.15) is 23.7 Å². The maximum absolute atomic E-state index is 11.9. The van der Waals surface area contributed by atoms with Crippen LogP contribution in [0.15, 0.2) is 29.4 Å². The van der Waals surface area contributed by atoms with E-state index in [0.717, 1.165) is 0 Å². The number of aromatic nitrogens is 2. The molecule has 0 atom stereocenters. The molecule has 0 aliphatic carbocycles. The van der Waals surface area contributed by atoms with Crippen molar-refractivity contribution in [2.24, 2.45) is 10.9 Å². The molecule has 0 aliphatic heterocycles. The molecule has 2 rings (SSSR count). The highest BCUT2D eigenvalue weighted by molar-refractivity contribution is 5.90. The molecule has 2 aromatic rings. The van der Waals surface area contributed by atoms with Gasteiger partial charge in [0.25, 0.3) is 0 Å². The van der Waals surface area contributed by atoms with E-state index in [2.05, 4.69) is 10.3 Å². The van der Waals surface area contributed by atoms with Crippen molar-refractivity contribution in [3.8, 4) is 5.75 Å². The van der Waals surface area contributed by atoms with Crippen molar-refractivity contribution >= 4 is 17.5 Å². The fourth-order valence-corrected chi connectivity index (χ4v) is 2.17. The first-order valence-corrected chi connectivity index (χ1v) is 7.19. The van der Waals surface area contributed by atoms with Gasteiger partial charge in [0.15, 0.2) is 5.84 Å². The van der Waals surface area contributed by atoms with Crippen LogP contribution in [-0.4, -0.2) is 33.6 Å². The second-order valence-corrected chi connectivity index (χ2v) is 5.12. The summed E-state index contributed by atoms with van der Waals surface area (Å²) in [5.74, 6) is -0.141. The first-order valence-electron chi connectivity index (χ1n) is 7.19. The number of ether oxygens (including phenoxy) is 1. The van der Waals surface area contributed by atoms with E-state index in [4.69, 9.17) is 15.3 Å². The van der Waals surface area contributed by atoms with Crippen LogP contribution in [0.2, 0.25) is 0 Å². The molecule has 0 saturated carbocycles. The lowest BCUT2D eigenvalue weighted by molar-refractivity contribution is -0.386. The molecule has 0 radical (unpaired) electrons. The minimum atomic E-state index is -0.690. The molecule has 0 saturated heterocycles. The highest BCUT2D eigenvalue weighted by atomic mass is 16.7. The van der Waals surface area contributed by atoms with Crippen molar-refractivity contribution < 1.29 is 19.3 Å². The molecule has 1 heterocycles. The molecule has 0 fully saturated rings. The van der Waals surface area contributed by atoms with Gasteiger partial charge in [0.05, 0.1) is 17.6 Å². The highest BCUT2D eigenvalue weighted by Crippen LogP contribution is 2.21. The Labute approximate surface area is 143 Å². The van der Waals surface area contributed by atoms with Crippen LogP contribution in [0, 0.1) is 24.0 Å². The minimum absolute atomic E-state index is 0.0452. The number of nitrogens with zero attached hydrogens (tertiary/aromatic N) is 4. The number of hydrogen-bond donors (Lipinski definition) is 1. The number of aryl methyl sites for hydroxylation is 1. The number of oxime groups is 1. The molecule has 25 heavy (non-hydrogen) atoms. The molecular weight excluding hydrogens is 330 g/mol. The Morgan fingerprint density at radius 3 is 2.52 bits per heavy atom. The molecule has 0 bridgehead atoms. The summed E-state index contributed by atoms with van der Waals surface area (Å²) in [4.78, 5) is 27.1.